The first-order valence-electron chi connectivity index (χ1n) is 6.16. The van der Waals surface area contributed by atoms with Crippen LogP contribution in [0.4, 0.5) is 0 Å². The lowest BCUT2D eigenvalue weighted by Crippen LogP contribution is -2.30. The van der Waals surface area contributed by atoms with Crippen molar-refractivity contribution in [2.75, 3.05) is 12.9 Å². The summed E-state index contributed by atoms with van der Waals surface area (Å²) < 4.78 is 22.7. The van der Waals surface area contributed by atoms with Gasteiger partial charge in [-0.2, -0.15) is 0 Å². The topological polar surface area (TPSA) is 74.6 Å². The van der Waals surface area contributed by atoms with Gasteiger partial charge in [0, 0.05) is 18.8 Å². The van der Waals surface area contributed by atoms with Gasteiger partial charge in [-0.15, -0.1) is 0 Å². The van der Waals surface area contributed by atoms with Gasteiger partial charge in [-0.3, -0.25) is 0 Å². The minimum atomic E-state index is -3.23. The quantitative estimate of drug-likeness (QED) is 0.884. The van der Waals surface area contributed by atoms with Gasteiger partial charge in [0.25, 0.3) is 0 Å². The molecule has 2 atom stereocenters. The summed E-state index contributed by atoms with van der Waals surface area (Å²) in [7, 11) is -3.23. The maximum atomic E-state index is 11.4. The van der Waals surface area contributed by atoms with Crippen molar-refractivity contribution in [2.45, 2.75) is 31.8 Å². The Morgan fingerprint density at radius 3 is 1.95 bits per heavy atom. The summed E-state index contributed by atoms with van der Waals surface area (Å²) in [6.07, 6.45) is 0.322. The summed E-state index contributed by atoms with van der Waals surface area (Å²) >= 11 is 0. The van der Waals surface area contributed by atoms with E-state index >= 15 is 0 Å². The second-order valence-corrected chi connectivity index (χ2v) is 7.96. The average molecular weight is 286 g/mol. The van der Waals surface area contributed by atoms with Crippen molar-refractivity contribution >= 4 is 9.84 Å². The number of hydrogen-bond donors (Lipinski definition) is 2. The van der Waals surface area contributed by atoms with E-state index in [2.05, 4.69) is 0 Å². The first-order valence-corrected chi connectivity index (χ1v) is 8.05. The Morgan fingerprint density at radius 2 is 1.63 bits per heavy atom. The number of rotatable bonds is 4. The fraction of sp³-hybridized carbons (Fsp3) is 0.571. The van der Waals surface area contributed by atoms with Crippen LogP contribution in [0.15, 0.2) is 29.2 Å². The highest BCUT2D eigenvalue weighted by atomic mass is 32.2. The van der Waals surface area contributed by atoms with Gasteiger partial charge in [0.05, 0.1) is 11.0 Å². The third-order valence-electron chi connectivity index (χ3n) is 3.34. The van der Waals surface area contributed by atoms with E-state index in [0.29, 0.717) is 5.56 Å². The molecule has 0 heterocycles. The van der Waals surface area contributed by atoms with Crippen LogP contribution >= 0.6 is 0 Å². The molecule has 0 spiro atoms. The van der Waals surface area contributed by atoms with E-state index < -0.39 is 15.9 Å². The Bertz CT molecular complexity index is 511. The molecule has 0 saturated carbocycles. The highest BCUT2D eigenvalue weighted by Crippen LogP contribution is 2.36. The number of benzene rings is 1. The molecule has 0 aliphatic rings. The molecule has 4 nitrogen and oxygen atoms in total. The van der Waals surface area contributed by atoms with E-state index in [1.54, 1.807) is 12.1 Å². The normalized spacial score (nSPS) is 16.1. The van der Waals surface area contributed by atoms with Gasteiger partial charge in [-0.05, 0) is 23.1 Å². The highest BCUT2D eigenvalue weighted by Gasteiger charge is 2.31. The van der Waals surface area contributed by atoms with Crippen molar-refractivity contribution in [1.82, 2.24) is 0 Å². The lowest BCUT2D eigenvalue weighted by molar-refractivity contribution is 0.00418. The molecule has 0 aliphatic carbocycles. The number of sulfone groups is 1. The van der Waals surface area contributed by atoms with Crippen LogP contribution in [0.25, 0.3) is 0 Å². The van der Waals surface area contributed by atoms with Crippen molar-refractivity contribution in [2.24, 2.45) is 11.3 Å². The second kappa shape index (κ2) is 5.61. The van der Waals surface area contributed by atoms with Gasteiger partial charge in [0.15, 0.2) is 9.84 Å². The summed E-state index contributed by atoms with van der Waals surface area (Å²) in [6, 6.07) is 6.14. The summed E-state index contributed by atoms with van der Waals surface area (Å²) in [5.74, 6) is -0.309. The molecule has 1 rings (SSSR count). The summed E-state index contributed by atoms with van der Waals surface area (Å²) in [4.78, 5) is 0.222. The fourth-order valence-electron chi connectivity index (χ4n) is 1.99. The lowest BCUT2D eigenvalue weighted by Gasteiger charge is -2.33. The molecule has 0 saturated heterocycles. The van der Waals surface area contributed by atoms with E-state index in [1.165, 1.54) is 12.1 Å². The van der Waals surface area contributed by atoms with Crippen LogP contribution in [0, 0.1) is 11.3 Å². The SMILES string of the molecule is CC(C)(C)[C@H](CO)C(O)c1ccc(S(C)(=O)=O)cc1. The average Bonchev–Trinajstić information content (AvgIpc) is 2.27. The number of aliphatic hydroxyl groups is 2. The molecule has 1 aromatic carbocycles. The summed E-state index contributed by atoms with van der Waals surface area (Å²) in [5.41, 5.74) is 0.366. The van der Waals surface area contributed by atoms with Gasteiger partial charge in [0.1, 0.15) is 0 Å². The van der Waals surface area contributed by atoms with E-state index in [-0.39, 0.29) is 22.8 Å². The number of aliphatic hydroxyl groups excluding tert-OH is 2. The largest absolute Gasteiger partial charge is 0.396 e. The third-order valence-corrected chi connectivity index (χ3v) is 4.47. The molecule has 0 aromatic heterocycles. The summed E-state index contributed by atoms with van der Waals surface area (Å²) in [5, 5.41) is 19.7. The monoisotopic (exact) mass is 286 g/mol. The van der Waals surface area contributed by atoms with Crippen LogP contribution in [-0.2, 0) is 9.84 Å². The standard InChI is InChI=1S/C14H22O4S/c1-14(2,3)12(9-15)13(16)10-5-7-11(8-6-10)19(4,17)18/h5-8,12-13,15-16H,9H2,1-4H3/t12-,13?/m1/s1. The van der Waals surface area contributed by atoms with Gasteiger partial charge in [0.2, 0.25) is 0 Å². The van der Waals surface area contributed by atoms with E-state index in [4.69, 9.17) is 0 Å². The van der Waals surface area contributed by atoms with Gasteiger partial charge >= 0.3 is 0 Å². The zero-order valence-corrected chi connectivity index (χ0v) is 12.6. The predicted molar refractivity (Wildman–Crippen MR) is 74.5 cm³/mol. The molecule has 0 bridgehead atoms. The van der Waals surface area contributed by atoms with Crippen LogP contribution in [0.1, 0.15) is 32.4 Å². The van der Waals surface area contributed by atoms with Crippen molar-refractivity contribution in [3.8, 4) is 0 Å². The minimum Gasteiger partial charge on any atom is -0.396 e. The van der Waals surface area contributed by atoms with E-state index in [1.807, 2.05) is 20.8 Å². The fourth-order valence-corrected chi connectivity index (χ4v) is 2.62. The first-order chi connectivity index (χ1) is 8.57. The van der Waals surface area contributed by atoms with Gasteiger partial charge < -0.3 is 10.2 Å². The smallest absolute Gasteiger partial charge is 0.175 e. The first kappa shape index (κ1) is 16.1. The molecule has 0 fully saturated rings. The molecular formula is C14H22O4S. The Morgan fingerprint density at radius 1 is 1.16 bits per heavy atom. The van der Waals surface area contributed by atoms with Gasteiger partial charge in [-0.25, -0.2) is 8.42 Å². The van der Waals surface area contributed by atoms with Gasteiger partial charge in [-0.1, -0.05) is 32.9 Å². The molecule has 0 radical (unpaired) electrons. The molecule has 1 aromatic rings. The van der Waals surface area contributed by atoms with Crippen molar-refractivity contribution in [1.29, 1.82) is 0 Å². The maximum absolute atomic E-state index is 11.4. The second-order valence-electron chi connectivity index (χ2n) is 5.94. The van der Waals surface area contributed by atoms with E-state index in [9.17, 15) is 18.6 Å². The van der Waals surface area contributed by atoms with Crippen LogP contribution in [0.3, 0.4) is 0 Å². The Balaban J connectivity index is 3.04. The van der Waals surface area contributed by atoms with Crippen molar-refractivity contribution in [3.05, 3.63) is 29.8 Å². The molecule has 1 unspecified atom stereocenters. The zero-order chi connectivity index (χ0) is 14.8. The van der Waals surface area contributed by atoms with Crippen LogP contribution in [-0.4, -0.2) is 31.5 Å². The zero-order valence-electron chi connectivity index (χ0n) is 11.8. The third kappa shape index (κ3) is 4.03. The Kier molecular flexibility index (Phi) is 4.76. The Hall–Kier alpha value is -0.910. The maximum Gasteiger partial charge on any atom is 0.175 e. The molecule has 19 heavy (non-hydrogen) atoms. The molecule has 0 aliphatic heterocycles. The predicted octanol–water partition coefficient (Wildman–Crippen LogP) is 1.78. The number of hydrogen-bond acceptors (Lipinski definition) is 4. The van der Waals surface area contributed by atoms with Crippen molar-refractivity contribution in [3.63, 3.8) is 0 Å². The van der Waals surface area contributed by atoms with Crippen LogP contribution in [0.5, 0.6) is 0 Å². The summed E-state index contributed by atoms with van der Waals surface area (Å²) in [6.45, 7) is 5.71. The van der Waals surface area contributed by atoms with E-state index in [0.717, 1.165) is 6.26 Å². The van der Waals surface area contributed by atoms with Crippen molar-refractivity contribution < 1.29 is 18.6 Å². The lowest BCUT2D eigenvalue weighted by atomic mass is 9.76. The minimum absolute atomic E-state index is 0.126. The molecular weight excluding hydrogens is 264 g/mol. The molecule has 2 N–H and O–H groups in total. The highest BCUT2D eigenvalue weighted by molar-refractivity contribution is 7.90. The Labute approximate surface area is 115 Å². The molecule has 0 amide bonds. The van der Waals surface area contributed by atoms with Crippen LogP contribution in [0.2, 0.25) is 0 Å². The molecule has 108 valence electrons. The van der Waals surface area contributed by atoms with Crippen LogP contribution < -0.4 is 0 Å². The molecule has 5 heteroatoms.